The minimum atomic E-state index is 0.547. The number of halogens is 1. The molecule has 0 amide bonds. The Morgan fingerprint density at radius 1 is 1.05 bits per heavy atom. The van der Waals surface area contributed by atoms with Gasteiger partial charge in [0, 0.05) is 18.0 Å². The van der Waals surface area contributed by atoms with Gasteiger partial charge >= 0.3 is 0 Å². The van der Waals surface area contributed by atoms with Crippen LogP contribution in [-0.4, -0.2) is 9.55 Å². The van der Waals surface area contributed by atoms with Crippen molar-refractivity contribution in [3.63, 3.8) is 0 Å². The maximum absolute atomic E-state index is 5.85. The summed E-state index contributed by atoms with van der Waals surface area (Å²) in [5, 5.41) is 0. The van der Waals surface area contributed by atoms with E-state index in [4.69, 9.17) is 16.6 Å². The van der Waals surface area contributed by atoms with Crippen molar-refractivity contribution in [3.8, 4) is 11.4 Å². The van der Waals surface area contributed by atoms with Gasteiger partial charge in [-0.15, -0.1) is 11.6 Å². The number of benzene rings is 2. The maximum Gasteiger partial charge on any atom is 0.141 e. The summed E-state index contributed by atoms with van der Waals surface area (Å²) in [6.07, 6.45) is 1.09. The van der Waals surface area contributed by atoms with Crippen molar-refractivity contribution in [2.24, 2.45) is 0 Å². The smallest absolute Gasteiger partial charge is 0.141 e. The first-order valence-corrected chi connectivity index (χ1v) is 7.47. The summed E-state index contributed by atoms with van der Waals surface area (Å²) in [5.74, 6) is 1.58. The molecule has 0 spiro atoms. The zero-order chi connectivity index (χ0) is 13.9. The fourth-order valence-corrected chi connectivity index (χ4v) is 2.67. The van der Waals surface area contributed by atoms with E-state index in [0.717, 1.165) is 35.4 Å². The first-order chi connectivity index (χ1) is 9.83. The van der Waals surface area contributed by atoms with E-state index in [1.807, 2.05) is 6.07 Å². The Hall–Kier alpha value is -1.80. The van der Waals surface area contributed by atoms with Crippen molar-refractivity contribution in [2.45, 2.75) is 25.8 Å². The van der Waals surface area contributed by atoms with Crippen LogP contribution in [0.25, 0.3) is 22.4 Å². The number of rotatable bonds is 4. The van der Waals surface area contributed by atoms with Crippen LogP contribution in [0.2, 0.25) is 0 Å². The van der Waals surface area contributed by atoms with Gasteiger partial charge in [-0.3, -0.25) is 0 Å². The first-order valence-electron chi connectivity index (χ1n) is 6.94. The standard InChI is InChI=1S/C17H17ClN2/c1-2-11-20-16-6-4-3-5-15(16)19-17(20)14-9-7-13(12-18)8-10-14/h3-10H,2,11-12H2,1H3. The number of alkyl halides is 1. The zero-order valence-electron chi connectivity index (χ0n) is 11.5. The number of fused-ring (bicyclic) bond motifs is 1. The third kappa shape index (κ3) is 2.32. The zero-order valence-corrected chi connectivity index (χ0v) is 12.3. The van der Waals surface area contributed by atoms with Gasteiger partial charge in [0.15, 0.2) is 0 Å². The molecule has 102 valence electrons. The SMILES string of the molecule is CCCn1c(-c2ccc(CCl)cc2)nc2ccccc21. The Morgan fingerprint density at radius 2 is 1.80 bits per heavy atom. The minimum Gasteiger partial charge on any atom is -0.324 e. The second kappa shape index (κ2) is 5.68. The van der Waals surface area contributed by atoms with Crippen molar-refractivity contribution in [2.75, 3.05) is 0 Å². The lowest BCUT2D eigenvalue weighted by atomic mass is 10.1. The van der Waals surface area contributed by atoms with Crippen molar-refractivity contribution in [1.82, 2.24) is 9.55 Å². The molecule has 0 atom stereocenters. The van der Waals surface area contributed by atoms with Crippen LogP contribution in [0, 0.1) is 0 Å². The molecular formula is C17H17ClN2. The van der Waals surface area contributed by atoms with Crippen LogP contribution in [0.3, 0.4) is 0 Å². The van der Waals surface area contributed by atoms with Crippen molar-refractivity contribution >= 4 is 22.6 Å². The molecule has 2 aromatic carbocycles. The predicted octanol–water partition coefficient (Wildman–Crippen LogP) is 4.85. The number of aryl methyl sites for hydroxylation is 1. The molecule has 0 unspecified atom stereocenters. The molecule has 0 aliphatic heterocycles. The molecule has 0 bridgehead atoms. The number of imidazole rings is 1. The van der Waals surface area contributed by atoms with Gasteiger partial charge in [-0.05, 0) is 24.1 Å². The summed E-state index contributed by atoms with van der Waals surface area (Å²) in [4.78, 5) is 4.79. The summed E-state index contributed by atoms with van der Waals surface area (Å²) in [5.41, 5.74) is 4.53. The third-order valence-electron chi connectivity index (χ3n) is 3.47. The van der Waals surface area contributed by atoms with Gasteiger partial charge in [-0.2, -0.15) is 0 Å². The molecule has 0 fully saturated rings. The number of nitrogens with zero attached hydrogens (tertiary/aromatic N) is 2. The summed E-state index contributed by atoms with van der Waals surface area (Å²) in [6.45, 7) is 3.17. The van der Waals surface area contributed by atoms with Crippen LogP contribution in [0.15, 0.2) is 48.5 Å². The van der Waals surface area contributed by atoms with E-state index in [2.05, 4.69) is 54.0 Å². The highest BCUT2D eigenvalue weighted by Gasteiger charge is 2.11. The van der Waals surface area contributed by atoms with Gasteiger partial charge < -0.3 is 4.57 Å². The number of hydrogen-bond donors (Lipinski definition) is 0. The van der Waals surface area contributed by atoms with Crippen molar-refractivity contribution in [1.29, 1.82) is 0 Å². The lowest BCUT2D eigenvalue weighted by Crippen LogP contribution is -1.99. The lowest BCUT2D eigenvalue weighted by molar-refractivity contribution is 0.704. The van der Waals surface area contributed by atoms with Gasteiger partial charge in [0.2, 0.25) is 0 Å². The van der Waals surface area contributed by atoms with Gasteiger partial charge in [0.1, 0.15) is 5.82 Å². The average molecular weight is 285 g/mol. The molecule has 0 saturated heterocycles. The fraction of sp³-hybridized carbons (Fsp3) is 0.235. The van der Waals surface area contributed by atoms with Crippen LogP contribution < -0.4 is 0 Å². The van der Waals surface area contributed by atoms with Crippen LogP contribution in [-0.2, 0) is 12.4 Å². The number of hydrogen-bond acceptors (Lipinski definition) is 1. The maximum atomic E-state index is 5.85. The van der Waals surface area contributed by atoms with E-state index in [0.29, 0.717) is 5.88 Å². The molecule has 3 rings (SSSR count). The predicted molar refractivity (Wildman–Crippen MR) is 85.0 cm³/mol. The Morgan fingerprint density at radius 3 is 2.50 bits per heavy atom. The average Bonchev–Trinajstić information content (AvgIpc) is 2.87. The van der Waals surface area contributed by atoms with E-state index in [-0.39, 0.29) is 0 Å². The first kappa shape index (κ1) is 13.2. The summed E-state index contributed by atoms with van der Waals surface area (Å²) in [7, 11) is 0. The lowest BCUT2D eigenvalue weighted by Gasteiger charge is -2.08. The topological polar surface area (TPSA) is 17.8 Å². The van der Waals surface area contributed by atoms with Gasteiger partial charge in [-0.1, -0.05) is 43.3 Å². The molecule has 0 aliphatic rings. The second-order valence-corrected chi connectivity index (χ2v) is 5.17. The summed E-state index contributed by atoms with van der Waals surface area (Å²) >= 11 is 5.85. The van der Waals surface area contributed by atoms with Gasteiger partial charge in [0.05, 0.1) is 11.0 Å². The van der Waals surface area contributed by atoms with E-state index in [9.17, 15) is 0 Å². The normalized spacial score (nSPS) is 11.1. The molecule has 0 aliphatic carbocycles. The van der Waals surface area contributed by atoms with Gasteiger partial charge in [0.25, 0.3) is 0 Å². The molecule has 1 aromatic heterocycles. The molecule has 3 heteroatoms. The van der Waals surface area contributed by atoms with E-state index < -0.39 is 0 Å². The van der Waals surface area contributed by atoms with E-state index in [1.165, 1.54) is 5.52 Å². The monoisotopic (exact) mass is 284 g/mol. The highest BCUT2D eigenvalue weighted by molar-refractivity contribution is 6.17. The Bertz CT molecular complexity index is 713. The van der Waals surface area contributed by atoms with Crippen LogP contribution in [0.4, 0.5) is 0 Å². The summed E-state index contributed by atoms with van der Waals surface area (Å²) < 4.78 is 2.30. The molecule has 3 aromatic rings. The Labute approximate surface area is 124 Å². The van der Waals surface area contributed by atoms with Gasteiger partial charge in [-0.25, -0.2) is 4.98 Å². The van der Waals surface area contributed by atoms with Crippen LogP contribution in [0.5, 0.6) is 0 Å². The molecule has 0 N–H and O–H groups in total. The largest absolute Gasteiger partial charge is 0.324 e. The fourth-order valence-electron chi connectivity index (χ4n) is 2.49. The van der Waals surface area contributed by atoms with Crippen molar-refractivity contribution in [3.05, 3.63) is 54.1 Å². The minimum absolute atomic E-state index is 0.547. The van der Waals surface area contributed by atoms with Crippen molar-refractivity contribution < 1.29 is 0 Å². The molecule has 20 heavy (non-hydrogen) atoms. The van der Waals surface area contributed by atoms with E-state index in [1.54, 1.807) is 0 Å². The number of para-hydroxylation sites is 2. The Kier molecular flexibility index (Phi) is 3.75. The molecule has 0 radical (unpaired) electrons. The molecule has 2 nitrogen and oxygen atoms in total. The van der Waals surface area contributed by atoms with Crippen LogP contribution >= 0.6 is 11.6 Å². The summed E-state index contributed by atoms with van der Waals surface area (Å²) in [6, 6.07) is 16.6. The quantitative estimate of drug-likeness (QED) is 0.626. The highest BCUT2D eigenvalue weighted by atomic mass is 35.5. The van der Waals surface area contributed by atoms with E-state index >= 15 is 0 Å². The Balaban J connectivity index is 2.15. The number of aromatic nitrogens is 2. The second-order valence-electron chi connectivity index (χ2n) is 4.91. The molecular weight excluding hydrogens is 268 g/mol. The molecule has 0 saturated carbocycles. The van der Waals surface area contributed by atoms with Crippen LogP contribution in [0.1, 0.15) is 18.9 Å². The third-order valence-corrected chi connectivity index (χ3v) is 3.78. The highest BCUT2D eigenvalue weighted by Crippen LogP contribution is 2.25. The molecule has 1 heterocycles.